The number of aromatic nitrogens is 1. The van der Waals surface area contributed by atoms with Gasteiger partial charge in [-0.1, -0.05) is 11.6 Å². The predicted molar refractivity (Wildman–Crippen MR) is 76.1 cm³/mol. The Kier molecular flexibility index (Phi) is 3.50. The zero-order valence-electron chi connectivity index (χ0n) is 12.0. The molecule has 0 aliphatic carbocycles. The molecule has 0 saturated carbocycles. The van der Waals surface area contributed by atoms with Gasteiger partial charge in [0.2, 0.25) is 11.8 Å². The second kappa shape index (κ2) is 4.74. The largest absolute Gasteiger partial charge is 0.340 e. The van der Waals surface area contributed by atoms with Gasteiger partial charge in [0.05, 0.1) is 5.02 Å². The molecule has 1 N–H and O–H groups in total. The summed E-state index contributed by atoms with van der Waals surface area (Å²) in [5.41, 5.74) is -1.06. The maximum Gasteiger partial charge on any atom is 0.248 e. The molecule has 2 heterocycles. The van der Waals surface area contributed by atoms with Crippen molar-refractivity contribution in [2.45, 2.75) is 45.3 Å². The fourth-order valence-electron chi connectivity index (χ4n) is 2.18. The van der Waals surface area contributed by atoms with E-state index in [4.69, 9.17) is 11.6 Å². The molecule has 0 radical (unpaired) electrons. The third-order valence-electron chi connectivity index (χ3n) is 3.62. The van der Waals surface area contributed by atoms with E-state index < -0.39 is 11.1 Å². The summed E-state index contributed by atoms with van der Waals surface area (Å²) in [6.45, 7) is 7.13. The molecule has 20 heavy (non-hydrogen) atoms. The van der Waals surface area contributed by atoms with Crippen LogP contribution in [0, 0.1) is 0 Å². The molecule has 0 bridgehead atoms. The topological polar surface area (TPSA) is 62.3 Å². The van der Waals surface area contributed by atoms with Gasteiger partial charge in [-0.05, 0) is 39.3 Å². The highest BCUT2D eigenvalue weighted by atomic mass is 35.5. The molecule has 5 nitrogen and oxygen atoms in total. The van der Waals surface area contributed by atoms with Gasteiger partial charge in [-0.2, -0.15) is 0 Å². The minimum atomic E-state index is -0.917. The number of amides is 2. The lowest BCUT2D eigenvalue weighted by Gasteiger charge is -2.47. The van der Waals surface area contributed by atoms with Crippen LogP contribution in [0.3, 0.4) is 0 Å². The SMILES string of the molecule is CC1(C)NC(=O)C(C)(C)N(Cc2ccncc2Cl)C1=O. The first kappa shape index (κ1) is 14.8. The highest BCUT2D eigenvalue weighted by Gasteiger charge is 2.49. The summed E-state index contributed by atoms with van der Waals surface area (Å²) in [7, 11) is 0. The fraction of sp³-hybridized carbons (Fsp3) is 0.500. The van der Waals surface area contributed by atoms with E-state index in [0.717, 1.165) is 5.56 Å². The summed E-state index contributed by atoms with van der Waals surface area (Å²) in [5, 5.41) is 3.24. The number of carbonyl (C=O) groups excluding carboxylic acids is 2. The summed E-state index contributed by atoms with van der Waals surface area (Å²) < 4.78 is 0. The van der Waals surface area contributed by atoms with Crippen molar-refractivity contribution in [1.29, 1.82) is 0 Å². The lowest BCUT2D eigenvalue weighted by atomic mass is 9.89. The van der Waals surface area contributed by atoms with Crippen LogP contribution in [0.25, 0.3) is 0 Å². The van der Waals surface area contributed by atoms with Crippen LogP contribution >= 0.6 is 11.6 Å². The summed E-state index contributed by atoms with van der Waals surface area (Å²) in [4.78, 5) is 30.3. The van der Waals surface area contributed by atoms with Crippen molar-refractivity contribution in [3.8, 4) is 0 Å². The molecule has 1 aliphatic heterocycles. The lowest BCUT2D eigenvalue weighted by Crippen LogP contribution is -2.71. The van der Waals surface area contributed by atoms with E-state index in [1.165, 1.54) is 6.20 Å². The van der Waals surface area contributed by atoms with Gasteiger partial charge >= 0.3 is 0 Å². The highest BCUT2D eigenvalue weighted by Crippen LogP contribution is 2.29. The van der Waals surface area contributed by atoms with Gasteiger partial charge < -0.3 is 10.2 Å². The average Bonchev–Trinajstić information content (AvgIpc) is 2.34. The zero-order valence-corrected chi connectivity index (χ0v) is 12.8. The number of pyridine rings is 1. The van der Waals surface area contributed by atoms with E-state index in [0.29, 0.717) is 5.02 Å². The van der Waals surface area contributed by atoms with Crippen LogP contribution in [0.15, 0.2) is 18.5 Å². The zero-order chi connectivity index (χ0) is 15.1. The Morgan fingerprint density at radius 1 is 1.30 bits per heavy atom. The van der Waals surface area contributed by atoms with Gasteiger partial charge in [0, 0.05) is 18.9 Å². The van der Waals surface area contributed by atoms with E-state index in [9.17, 15) is 9.59 Å². The maximum absolute atomic E-state index is 12.6. The predicted octanol–water partition coefficient (Wildman–Crippen LogP) is 1.75. The summed E-state index contributed by atoms with van der Waals surface area (Å²) in [6, 6.07) is 1.76. The smallest absolute Gasteiger partial charge is 0.248 e. The van der Waals surface area contributed by atoms with E-state index in [1.807, 2.05) is 0 Å². The van der Waals surface area contributed by atoms with Crippen LogP contribution in [0.4, 0.5) is 0 Å². The van der Waals surface area contributed by atoms with Crippen molar-refractivity contribution < 1.29 is 9.59 Å². The Morgan fingerprint density at radius 3 is 2.55 bits per heavy atom. The van der Waals surface area contributed by atoms with E-state index >= 15 is 0 Å². The van der Waals surface area contributed by atoms with Crippen molar-refractivity contribution >= 4 is 23.4 Å². The third kappa shape index (κ3) is 2.38. The quantitative estimate of drug-likeness (QED) is 0.904. The minimum absolute atomic E-state index is 0.130. The molecule has 1 aromatic heterocycles. The third-order valence-corrected chi connectivity index (χ3v) is 3.96. The van der Waals surface area contributed by atoms with Crippen LogP contribution in [0.2, 0.25) is 5.02 Å². The number of rotatable bonds is 2. The number of hydrogen-bond donors (Lipinski definition) is 1. The van der Waals surface area contributed by atoms with Gasteiger partial charge in [0.25, 0.3) is 0 Å². The number of carbonyl (C=O) groups is 2. The number of nitrogens with one attached hydrogen (secondary N) is 1. The molecule has 1 fully saturated rings. The first-order valence-electron chi connectivity index (χ1n) is 6.39. The van der Waals surface area contributed by atoms with Crippen LogP contribution in [-0.2, 0) is 16.1 Å². The summed E-state index contributed by atoms with van der Waals surface area (Å²) in [6.07, 6.45) is 3.15. The van der Waals surface area contributed by atoms with E-state index in [1.54, 1.807) is 44.9 Å². The second-order valence-electron chi connectivity index (χ2n) is 6.00. The minimum Gasteiger partial charge on any atom is -0.340 e. The molecule has 1 aromatic rings. The van der Waals surface area contributed by atoms with Crippen molar-refractivity contribution in [1.82, 2.24) is 15.2 Å². The maximum atomic E-state index is 12.6. The Morgan fingerprint density at radius 2 is 1.95 bits per heavy atom. The van der Waals surface area contributed by atoms with E-state index in [-0.39, 0.29) is 18.4 Å². The standard InChI is InChI=1S/C14H18ClN3O2/c1-13(2)12(20)18(14(3,4)11(19)17-13)8-9-5-6-16-7-10(9)15/h5-7H,8H2,1-4H3,(H,17,19). The number of nitrogens with zero attached hydrogens (tertiary/aromatic N) is 2. The molecule has 0 unspecified atom stereocenters. The van der Waals surface area contributed by atoms with Crippen LogP contribution in [0.1, 0.15) is 33.3 Å². The first-order valence-corrected chi connectivity index (χ1v) is 6.77. The second-order valence-corrected chi connectivity index (χ2v) is 6.40. The van der Waals surface area contributed by atoms with Crippen molar-refractivity contribution in [2.75, 3.05) is 0 Å². The molecule has 1 saturated heterocycles. The number of hydrogen-bond acceptors (Lipinski definition) is 3. The molecule has 0 atom stereocenters. The molecule has 2 rings (SSSR count). The number of piperazine rings is 1. The van der Waals surface area contributed by atoms with Crippen LogP contribution < -0.4 is 5.32 Å². The monoisotopic (exact) mass is 295 g/mol. The number of halogens is 1. The highest BCUT2D eigenvalue weighted by molar-refractivity contribution is 6.31. The van der Waals surface area contributed by atoms with Crippen LogP contribution in [0.5, 0.6) is 0 Å². The van der Waals surface area contributed by atoms with Crippen molar-refractivity contribution in [3.05, 3.63) is 29.0 Å². The molecule has 108 valence electrons. The molecular formula is C14H18ClN3O2. The summed E-state index contributed by atoms with van der Waals surface area (Å²) in [5.74, 6) is -0.303. The normalized spacial score (nSPS) is 20.8. The van der Waals surface area contributed by atoms with Gasteiger partial charge in [-0.15, -0.1) is 0 Å². The Hall–Kier alpha value is -1.62. The summed E-state index contributed by atoms with van der Waals surface area (Å²) >= 11 is 6.09. The Bertz CT molecular complexity index is 569. The van der Waals surface area contributed by atoms with Gasteiger partial charge in [0.1, 0.15) is 11.1 Å². The molecule has 0 aromatic carbocycles. The molecule has 1 aliphatic rings. The van der Waals surface area contributed by atoms with Gasteiger partial charge in [-0.3, -0.25) is 14.6 Å². The molecule has 6 heteroatoms. The first-order chi connectivity index (χ1) is 9.16. The Balaban J connectivity index is 2.39. The average molecular weight is 296 g/mol. The van der Waals surface area contributed by atoms with Crippen molar-refractivity contribution in [2.24, 2.45) is 0 Å². The van der Waals surface area contributed by atoms with E-state index in [2.05, 4.69) is 10.3 Å². The van der Waals surface area contributed by atoms with Gasteiger partial charge in [0.15, 0.2) is 0 Å². The van der Waals surface area contributed by atoms with Crippen LogP contribution in [-0.4, -0.2) is 32.8 Å². The molecule has 0 spiro atoms. The Labute approximate surface area is 123 Å². The molecule has 2 amide bonds. The van der Waals surface area contributed by atoms with Gasteiger partial charge in [-0.25, -0.2) is 0 Å². The lowest BCUT2D eigenvalue weighted by molar-refractivity contribution is -0.160. The van der Waals surface area contributed by atoms with Crippen molar-refractivity contribution in [3.63, 3.8) is 0 Å². The fourth-order valence-corrected chi connectivity index (χ4v) is 2.36. The molecular weight excluding hydrogens is 278 g/mol.